The Bertz CT molecular complexity index is 187. The van der Waals surface area contributed by atoms with Crippen molar-refractivity contribution in [2.75, 3.05) is 0 Å². The Balaban J connectivity index is 3.25. The number of hydrogen-bond acceptors (Lipinski definition) is 2. The molecule has 0 aromatic heterocycles. The van der Waals surface area contributed by atoms with Crippen LogP contribution in [0.25, 0.3) is 0 Å². The second kappa shape index (κ2) is 10.7. The molecular weight excluding hydrogens is 200 g/mol. The number of carboxylic acid groups (broad SMARTS) is 1. The number of carbonyl (C=O) groups is 1. The number of carboxylic acids is 1. The van der Waals surface area contributed by atoms with Crippen LogP contribution in [-0.2, 0) is 4.79 Å². The lowest BCUT2D eigenvalue weighted by atomic mass is 9.96. The molecule has 0 aliphatic heterocycles. The highest BCUT2D eigenvalue weighted by Crippen LogP contribution is 2.17. The zero-order valence-corrected chi connectivity index (χ0v) is 10.5. The van der Waals surface area contributed by atoms with E-state index >= 15 is 0 Å². The second-order valence-corrected chi connectivity index (χ2v) is 4.46. The number of unbranched alkanes of at least 4 members (excludes halogenated alkanes) is 4. The molecule has 0 saturated carbocycles. The van der Waals surface area contributed by atoms with Crippen LogP contribution in [0.15, 0.2) is 12.7 Å². The summed E-state index contributed by atoms with van der Waals surface area (Å²) in [7, 11) is 0. The van der Waals surface area contributed by atoms with Crippen molar-refractivity contribution in [2.24, 2.45) is 5.92 Å². The third kappa shape index (κ3) is 9.75. The standard InChI is InChI=1S/C14H26O2/c1-3-10-13(4-2)11-8-6-5-7-9-12-14(15)16/h4,13H,2-3,5-12H2,1H3,(H,15,16)/p-1. The van der Waals surface area contributed by atoms with Gasteiger partial charge in [-0.2, -0.15) is 0 Å². The number of carbonyl (C=O) groups excluding carboxylic acids is 1. The predicted molar refractivity (Wildman–Crippen MR) is 65.9 cm³/mol. The van der Waals surface area contributed by atoms with Gasteiger partial charge in [-0.25, -0.2) is 0 Å². The summed E-state index contributed by atoms with van der Waals surface area (Å²) in [5.41, 5.74) is 0. The quantitative estimate of drug-likeness (QED) is 0.400. The first-order valence-corrected chi connectivity index (χ1v) is 6.53. The molecule has 0 aliphatic carbocycles. The van der Waals surface area contributed by atoms with Crippen molar-refractivity contribution in [3.8, 4) is 0 Å². The van der Waals surface area contributed by atoms with E-state index in [1.54, 1.807) is 0 Å². The smallest absolute Gasteiger partial charge is 0.0414 e. The minimum Gasteiger partial charge on any atom is -0.550 e. The Morgan fingerprint density at radius 2 is 1.81 bits per heavy atom. The Kier molecular flexibility index (Phi) is 10.2. The van der Waals surface area contributed by atoms with Crippen LogP contribution in [-0.4, -0.2) is 5.97 Å². The topological polar surface area (TPSA) is 40.1 Å². The van der Waals surface area contributed by atoms with Gasteiger partial charge in [-0.15, -0.1) is 6.58 Å². The highest BCUT2D eigenvalue weighted by Gasteiger charge is 2.01. The Hall–Kier alpha value is -0.790. The van der Waals surface area contributed by atoms with E-state index in [9.17, 15) is 9.90 Å². The van der Waals surface area contributed by atoms with Crippen LogP contribution < -0.4 is 5.11 Å². The van der Waals surface area contributed by atoms with Gasteiger partial charge < -0.3 is 9.90 Å². The van der Waals surface area contributed by atoms with E-state index in [2.05, 4.69) is 19.6 Å². The number of rotatable bonds is 11. The van der Waals surface area contributed by atoms with Gasteiger partial charge in [0.1, 0.15) is 0 Å². The summed E-state index contributed by atoms with van der Waals surface area (Å²) in [6, 6.07) is 0. The first-order valence-electron chi connectivity index (χ1n) is 6.53. The van der Waals surface area contributed by atoms with Crippen molar-refractivity contribution < 1.29 is 9.90 Å². The van der Waals surface area contributed by atoms with E-state index in [-0.39, 0.29) is 6.42 Å². The zero-order chi connectivity index (χ0) is 12.2. The Morgan fingerprint density at radius 1 is 1.19 bits per heavy atom. The summed E-state index contributed by atoms with van der Waals surface area (Å²) < 4.78 is 0. The predicted octanol–water partition coefficient (Wildman–Crippen LogP) is 3.07. The molecule has 0 saturated heterocycles. The van der Waals surface area contributed by atoms with Crippen LogP contribution in [0, 0.1) is 5.92 Å². The van der Waals surface area contributed by atoms with Crippen LogP contribution in [0.4, 0.5) is 0 Å². The number of hydrogen-bond donors (Lipinski definition) is 0. The highest BCUT2D eigenvalue weighted by molar-refractivity contribution is 5.63. The molecule has 94 valence electrons. The third-order valence-corrected chi connectivity index (χ3v) is 2.95. The molecule has 1 atom stereocenters. The number of allylic oxidation sites excluding steroid dienone is 1. The van der Waals surface area contributed by atoms with Crippen LogP contribution in [0.1, 0.15) is 64.7 Å². The van der Waals surface area contributed by atoms with E-state index in [1.165, 1.54) is 32.1 Å². The van der Waals surface area contributed by atoms with Gasteiger partial charge in [0.2, 0.25) is 0 Å². The molecule has 0 radical (unpaired) electrons. The van der Waals surface area contributed by atoms with Gasteiger partial charge in [-0.3, -0.25) is 0 Å². The lowest BCUT2D eigenvalue weighted by molar-refractivity contribution is -0.305. The van der Waals surface area contributed by atoms with Crippen molar-refractivity contribution in [3.05, 3.63) is 12.7 Å². The third-order valence-electron chi connectivity index (χ3n) is 2.95. The molecule has 0 amide bonds. The molecule has 0 fully saturated rings. The van der Waals surface area contributed by atoms with Crippen molar-refractivity contribution >= 4 is 5.97 Å². The maximum Gasteiger partial charge on any atom is 0.0414 e. The first kappa shape index (κ1) is 15.2. The highest BCUT2D eigenvalue weighted by atomic mass is 16.4. The zero-order valence-electron chi connectivity index (χ0n) is 10.5. The van der Waals surface area contributed by atoms with Crippen LogP contribution in [0.2, 0.25) is 0 Å². The minimum absolute atomic E-state index is 0.213. The lowest BCUT2D eigenvalue weighted by Crippen LogP contribution is -2.21. The molecule has 2 heteroatoms. The van der Waals surface area contributed by atoms with Gasteiger partial charge in [0.15, 0.2) is 0 Å². The van der Waals surface area contributed by atoms with Crippen molar-refractivity contribution in [1.29, 1.82) is 0 Å². The van der Waals surface area contributed by atoms with Crippen molar-refractivity contribution in [3.63, 3.8) is 0 Å². The SMILES string of the molecule is C=CC(CCC)CCCCCCCC(=O)[O-]. The fraction of sp³-hybridized carbons (Fsp3) is 0.786. The molecule has 0 spiro atoms. The second-order valence-electron chi connectivity index (χ2n) is 4.46. The average molecular weight is 225 g/mol. The van der Waals surface area contributed by atoms with Gasteiger partial charge in [-0.05, 0) is 31.6 Å². The fourth-order valence-corrected chi connectivity index (χ4v) is 1.96. The molecule has 0 aromatic rings. The normalized spacial score (nSPS) is 12.3. The Morgan fingerprint density at radius 3 is 2.38 bits per heavy atom. The van der Waals surface area contributed by atoms with E-state index < -0.39 is 5.97 Å². The molecule has 0 heterocycles. The largest absolute Gasteiger partial charge is 0.550 e. The number of aliphatic carboxylic acids is 1. The molecule has 0 bridgehead atoms. The summed E-state index contributed by atoms with van der Waals surface area (Å²) in [4.78, 5) is 10.2. The molecule has 2 nitrogen and oxygen atoms in total. The fourth-order valence-electron chi connectivity index (χ4n) is 1.96. The molecule has 0 aromatic carbocycles. The van der Waals surface area contributed by atoms with Gasteiger partial charge in [0.25, 0.3) is 0 Å². The molecular formula is C14H25O2-. The summed E-state index contributed by atoms with van der Waals surface area (Å²) >= 11 is 0. The first-order chi connectivity index (χ1) is 7.70. The molecule has 0 rings (SSSR count). The summed E-state index contributed by atoms with van der Waals surface area (Å²) in [5.74, 6) is -0.247. The van der Waals surface area contributed by atoms with Crippen molar-refractivity contribution in [1.82, 2.24) is 0 Å². The Labute approximate surface area is 99.7 Å². The molecule has 0 N–H and O–H groups in total. The summed E-state index contributed by atoms with van der Waals surface area (Å²) in [5, 5.41) is 10.2. The van der Waals surface area contributed by atoms with Crippen molar-refractivity contribution in [2.45, 2.75) is 64.7 Å². The van der Waals surface area contributed by atoms with Crippen LogP contribution in [0.5, 0.6) is 0 Å². The maximum atomic E-state index is 10.2. The van der Waals surface area contributed by atoms with Crippen LogP contribution in [0.3, 0.4) is 0 Å². The van der Waals surface area contributed by atoms with E-state index in [1.807, 2.05) is 0 Å². The minimum atomic E-state index is -0.922. The maximum absolute atomic E-state index is 10.2. The van der Waals surface area contributed by atoms with Gasteiger partial charge in [0.05, 0.1) is 0 Å². The summed E-state index contributed by atoms with van der Waals surface area (Å²) in [6.45, 7) is 6.06. The van der Waals surface area contributed by atoms with Gasteiger partial charge >= 0.3 is 0 Å². The van der Waals surface area contributed by atoms with Gasteiger partial charge in [0, 0.05) is 5.97 Å². The molecule has 1 unspecified atom stereocenters. The van der Waals surface area contributed by atoms with E-state index in [0.29, 0.717) is 5.92 Å². The average Bonchev–Trinajstić information content (AvgIpc) is 2.26. The monoisotopic (exact) mass is 225 g/mol. The molecule has 16 heavy (non-hydrogen) atoms. The van der Waals surface area contributed by atoms with E-state index in [0.717, 1.165) is 19.3 Å². The lowest BCUT2D eigenvalue weighted by Gasteiger charge is -2.10. The molecule has 0 aliphatic rings. The summed E-state index contributed by atoms with van der Waals surface area (Å²) in [6.07, 6.45) is 11.4. The van der Waals surface area contributed by atoms with E-state index in [4.69, 9.17) is 0 Å². The van der Waals surface area contributed by atoms with Gasteiger partial charge in [-0.1, -0.05) is 45.1 Å². The van der Waals surface area contributed by atoms with Crippen LogP contribution >= 0.6 is 0 Å².